The van der Waals surface area contributed by atoms with E-state index in [-0.39, 0.29) is 11.9 Å². The van der Waals surface area contributed by atoms with Crippen LogP contribution in [0.3, 0.4) is 0 Å². The lowest BCUT2D eigenvalue weighted by Gasteiger charge is -2.21. The number of hydrogen-bond acceptors (Lipinski definition) is 1. The van der Waals surface area contributed by atoms with Gasteiger partial charge in [-0.2, -0.15) is 0 Å². The summed E-state index contributed by atoms with van der Waals surface area (Å²) in [7, 11) is 0. The van der Waals surface area contributed by atoms with E-state index in [4.69, 9.17) is 11.6 Å². The quantitative estimate of drug-likeness (QED) is 0.673. The standard InChI is InChI=1S/C16H16BrClFN/c1-2-4-15(11-7-9-12(18)10-8-11)20-16-13(17)5-3-6-14(16)19/h3,5-10,15,20H,2,4H2,1H3. The highest BCUT2D eigenvalue weighted by molar-refractivity contribution is 9.10. The number of halogens is 3. The Labute approximate surface area is 132 Å². The Morgan fingerprint density at radius 1 is 1.20 bits per heavy atom. The number of nitrogens with one attached hydrogen (secondary N) is 1. The van der Waals surface area contributed by atoms with Gasteiger partial charge < -0.3 is 5.32 Å². The van der Waals surface area contributed by atoms with Crippen molar-refractivity contribution in [1.82, 2.24) is 0 Å². The van der Waals surface area contributed by atoms with E-state index in [1.807, 2.05) is 30.3 Å². The minimum absolute atomic E-state index is 0.0606. The fourth-order valence-corrected chi connectivity index (χ4v) is 2.70. The van der Waals surface area contributed by atoms with Crippen molar-refractivity contribution in [2.24, 2.45) is 0 Å². The maximum Gasteiger partial charge on any atom is 0.147 e. The zero-order valence-corrected chi connectivity index (χ0v) is 13.5. The summed E-state index contributed by atoms with van der Waals surface area (Å²) in [5, 5.41) is 3.99. The van der Waals surface area contributed by atoms with Gasteiger partial charge in [0.2, 0.25) is 0 Å². The Bertz CT molecular complexity index is 551. The lowest BCUT2D eigenvalue weighted by atomic mass is 10.0. The van der Waals surface area contributed by atoms with Gasteiger partial charge in [0.1, 0.15) is 5.82 Å². The van der Waals surface area contributed by atoms with Crippen molar-refractivity contribution in [3.05, 3.63) is 63.3 Å². The third kappa shape index (κ3) is 3.74. The predicted molar refractivity (Wildman–Crippen MR) is 86.8 cm³/mol. The van der Waals surface area contributed by atoms with Crippen LogP contribution < -0.4 is 5.32 Å². The minimum Gasteiger partial charge on any atom is -0.375 e. The summed E-state index contributed by atoms with van der Waals surface area (Å²) in [4.78, 5) is 0. The van der Waals surface area contributed by atoms with Gasteiger partial charge in [0.25, 0.3) is 0 Å². The summed E-state index contributed by atoms with van der Waals surface area (Å²) in [6.07, 6.45) is 1.93. The molecule has 0 aromatic heterocycles. The van der Waals surface area contributed by atoms with Crippen LogP contribution in [-0.4, -0.2) is 0 Å². The molecular formula is C16H16BrClFN. The van der Waals surface area contributed by atoms with Gasteiger partial charge in [0.05, 0.1) is 11.7 Å². The van der Waals surface area contributed by atoms with Crippen molar-refractivity contribution in [2.75, 3.05) is 5.32 Å². The summed E-state index contributed by atoms with van der Waals surface area (Å²) < 4.78 is 14.6. The molecular weight excluding hydrogens is 341 g/mol. The fraction of sp³-hybridized carbons (Fsp3) is 0.250. The van der Waals surface area contributed by atoms with Crippen molar-refractivity contribution in [3.63, 3.8) is 0 Å². The molecule has 1 atom stereocenters. The van der Waals surface area contributed by atoms with Crippen molar-refractivity contribution < 1.29 is 4.39 Å². The van der Waals surface area contributed by atoms with Crippen LogP contribution in [0.2, 0.25) is 5.02 Å². The third-order valence-electron chi connectivity index (χ3n) is 3.13. The summed E-state index contributed by atoms with van der Waals surface area (Å²) in [5.41, 5.74) is 1.60. The Morgan fingerprint density at radius 2 is 1.90 bits per heavy atom. The van der Waals surface area contributed by atoms with E-state index >= 15 is 0 Å². The molecule has 0 radical (unpaired) electrons. The van der Waals surface area contributed by atoms with Gasteiger partial charge in [-0.25, -0.2) is 4.39 Å². The number of anilines is 1. The first-order chi connectivity index (χ1) is 9.61. The molecule has 0 spiro atoms. The van der Waals surface area contributed by atoms with E-state index < -0.39 is 0 Å². The first-order valence-electron chi connectivity index (χ1n) is 6.58. The zero-order chi connectivity index (χ0) is 14.5. The summed E-state index contributed by atoms with van der Waals surface area (Å²) in [5.74, 6) is -0.255. The second-order valence-corrected chi connectivity index (χ2v) is 5.92. The largest absolute Gasteiger partial charge is 0.375 e. The van der Waals surface area contributed by atoms with Gasteiger partial charge >= 0.3 is 0 Å². The summed E-state index contributed by atoms with van der Waals surface area (Å²) in [6, 6.07) is 12.7. The van der Waals surface area contributed by atoms with Crippen molar-refractivity contribution in [3.8, 4) is 0 Å². The monoisotopic (exact) mass is 355 g/mol. The zero-order valence-electron chi connectivity index (χ0n) is 11.2. The van der Waals surface area contributed by atoms with Crippen LogP contribution >= 0.6 is 27.5 Å². The Hall–Kier alpha value is -1.06. The first kappa shape index (κ1) is 15.3. The summed E-state index contributed by atoms with van der Waals surface area (Å²) in [6.45, 7) is 2.11. The van der Waals surface area contributed by atoms with Gasteiger partial charge in [-0.05, 0) is 52.2 Å². The van der Waals surface area contributed by atoms with E-state index in [2.05, 4.69) is 28.2 Å². The molecule has 1 unspecified atom stereocenters. The SMILES string of the molecule is CCCC(Nc1c(F)cccc1Br)c1ccc(Cl)cc1. The van der Waals surface area contributed by atoms with E-state index in [9.17, 15) is 4.39 Å². The van der Waals surface area contributed by atoms with Crippen molar-refractivity contribution in [1.29, 1.82) is 0 Å². The molecule has 1 nitrogen and oxygen atoms in total. The fourth-order valence-electron chi connectivity index (χ4n) is 2.12. The maximum atomic E-state index is 13.9. The molecule has 0 saturated carbocycles. The van der Waals surface area contributed by atoms with Gasteiger partial charge in [0.15, 0.2) is 0 Å². The van der Waals surface area contributed by atoms with Gasteiger partial charge in [-0.3, -0.25) is 0 Å². The molecule has 0 saturated heterocycles. The molecule has 2 aromatic carbocycles. The normalized spacial score (nSPS) is 12.2. The predicted octanol–water partition coefficient (Wildman–Crippen LogP) is 6.19. The van der Waals surface area contributed by atoms with Crippen LogP contribution in [0.1, 0.15) is 31.4 Å². The number of benzene rings is 2. The molecule has 4 heteroatoms. The van der Waals surface area contributed by atoms with Crippen LogP contribution in [0.15, 0.2) is 46.9 Å². The molecule has 0 aliphatic carbocycles. The summed E-state index contributed by atoms with van der Waals surface area (Å²) >= 11 is 9.30. The van der Waals surface area contributed by atoms with Gasteiger partial charge in [-0.15, -0.1) is 0 Å². The molecule has 2 aromatic rings. The van der Waals surface area contributed by atoms with Crippen LogP contribution in [0.25, 0.3) is 0 Å². The van der Waals surface area contributed by atoms with Crippen molar-refractivity contribution >= 4 is 33.2 Å². The van der Waals surface area contributed by atoms with Crippen molar-refractivity contribution in [2.45, 2.75) is 25.8 Å². The molecule has 0 aliphatic heterocycles. The molecule has 1 N–H and O–H groups in total. The number of para-hydroxylation sites is 1. The Morgan fingerprint density at radius 3 is 2.50 bits per heavy atom. The van der Waals surface area contributed by atoms with E-state index in [0.717, 1.165) is 22.9 Å². The second-order valence-electron chi connectivity index (χ2n) is 4.63. The minimum atomic E-state index is -0.255. The highest BCUT2D eigenvalue weighted by atomic mass is 79.9. The lowest BCUT2D eigenvalue weighted by molar-refractivity contribution is 0.617. The van der Waals surface area contributed by atoms with Gasteiger partial charge in [-0.1, -0.05) is 43.1 Å². The second kappa shape index (κ2) is 7.09. The highest BCUT2D eigenvalue weighted by Gasteiger charge is 2.14. The van der Waals surface area contributed by atoms with E-state index in [0.29, 0.717) is 10.7 Å². The molecule has 0 aliphatic rings. The van der Waals surface area contributed by atoms with Crippen LogP contribution in [0.5, 0.6) is 0 Å². The van der Waals surface area contributed by atoms with Crippen LogP contribution in [-0.2, 0) is 0 Å². The molecule has 2 rings (SSSR count). The van der Waals surface area contributed by atoms with Gasteiger partial charge in [0, 0.05) is 9.50 Å². The molecule has 106 valence electrons. The average molecular weight is 357 g/mol. The maximum absolute atomic E-state index is 13.9. The molecule has 0 fully saturated rings. The lowest BCUT2D eigenvalue weighted by Crippen LogP contribution is -2.12. The van der Waals surface area contributed by atoms with E-state index in [1.165, 1.54) is 6.07 Å². The third-order valence-corrected chi connectivity index (χ3v) is 4.04. The average Bonchev–Trinajstić information content (AvgIpc) is 2.43. The number of rotatable bonds is 5. The van der Waals surface area contributed by atoms with Crippen LogP contribution in [0, 0.1) is 5.82 Å². The molecule has 0 amide bonds. The Kier molecular flexibility index (Phi) is 5.44. The Balaban J connectivity index is 2.28. The van der Waals surface area contributed by atoms with Crippen LogP contribution in [0.4, 0.5) is 10.1 Å². The van der Waals surface area contributed by atoms with E-state index in [1.54, 1.807) is 6.07 Å². The smallest absolute Gasteiger partial charge is 0.147 e. The molecule has 0 bridgehead atoms. The topological polar surface area (TPSA) is 12.0 Å². The first-order valence-corrected chi connectivity index (χ1v) is 7.75. The molecule has 0 heterocycles. The highest BCUT2D eigenvalue weighted by Crippen LogP contribution is 2.31. The number of hydrogen-bond donors (Lipinski definition) is 1. The molecule has 20 heavy (non-hydrogen) atoms.